The van der Waals surface area contributed by atoms with Gasteiger partial charge < -0.3 is 10.1 Å². The van der Waals surface area contributed by atoms with Gasteiger partial charge in [-0.15, -0.1) is 11.6 Å². The second-order valence-electron chi connectivity index (χ2n) is 4.47. The normalized spacial score (nSPS) is 10.1. The molecular formula is C16H13BrClNO3. The van der Waals surface area contributed by atoms with E-state index >= 15 is 0 Å². The molecular weight excluding hydrogens is 370 g/mol. The molecule has 1 N–H and O–H groups in total. The number of benzene rings is 2. The Morgan fingerprint density at radius 1 is 1.23 bits per heavy atom. The summed E-state index contributed by atoms with van der Waals surface area (Å²) in [5.74, 6) is -0.516. The van der Waals surface area contributed by atoms with Gasteiger partial charge in [-0.3, -0.25) is 4.79 Å². The Kier molecular flexibility index (Phi) is 5.57. The Bertz CT molecular complexity index is 718. The predicted molar refractivity (Wildman–Crippen MR) is 89.4 cm³/mol. The molecule has 0 saturated heterocycles. The number of hydrogen-bond donors (Lipinski definition) is 1. The topological polar surface area (TPSA) is 55.4 Å². The molecule has 0 aliphatic carbocycles. The van der Waals surface area contributed by atoms with Gasteiger partial charge in [0.05, 0.1) is 18.4 Å². The first kappa shape index (κ1) is 16.5. The number of ether oxygens (including phenoxy) is 1. The summed E-state index contributed by atoms with van der Waals surface area (Å²) in [7, 11) is 1.29. The SMILES string of the molecule is COC(=O)c1cc(Br)ccc1NC(=O)c1cccc(CCl)c1. The van der Waals surface area contributed by atoms with Crippen molar-refractivity contribution in [2.75, 3.05) is 12.4 Å². The number of amides is 1. The molecule has 2 aromatic rings. The molecule has 2 rings (SSSR count). The number of alkyl halides is 1. The quantitative estimate of drug-likeness (QED) is 0.636. The molecule has 4 nitrogen and oxygen atoms in total. The van der Waals surface area contributed by atoms with E-state index in [1.807, 2.05) is 6.07 Å². The van der Waals surface area contributed by atoms with Gasteiger partial charge in [-0.2, -0.15) is 0 Å². The molecule has 22 heavy (non-hydrogen) atoms. The Morgan fingerprint density at radius 2 is 2.00 bits per heavy atom. The molecule has 0 atom stereocenters. The molecule has 6 heteroatoms. The molecule has 1 amide bonds. The number of rotatable bonds is 4. The Hall–Kier alpha value is -1.85. The van der Waals surface area contributed by atoms with Gasteiger partial charge >= 0.3 is 5.97 Å². The van der Waals surface area contributed by atoms with Crippen LogP contribution in [0, 0.1) is 0 Å². The fourth-order valence-electron chi connectivity index (χ4n) is 1.89. The van der Waals surface area contributed by atoms with Gasteiger partial charge in [0.15, 0.2) is 0 Å². The third kappa shape index (κ3) is 3.87. The average molecular weight is 383 g/mol. The van der Waals surface area contributed by atoms with E-state index in [2.05, 4.69) is 21.2 Å². The van der Waals surface area contributed by atoms with Crippen molar-refractivity contribution in [3.8, 4) is 0 Å². The molecule has 0 aliphatic rings. The molecule has 0 aromatic heterocycles. The van der Waals surface area contributed by atoms with Crippen LogP contribution < -0.4 is 5.32 Å². The van der Waals surface area contributed by atoms with Gasteiger partial charge in [0.25, 0.3) is 5.91 Å². The largest absolute Gasteiger partial charge is 0.465 e. The van der Waals surface area contributed by atoms with Gasteiger partial charge in [-0.05, 0) is 35.9 Å². The lowest BCUT2D eigenvalue weighted by atomic mass is 10.1. The second-order valence-corrected chi connectivity index (χ2v) is 5.65. The van der Waals surface area contributed by atoms with E-state index in [-0.39, 0.29) is 11.5 Å². The van der Waals surface area contributed by atoms with Crippen LogP contribution in [0.5, 0.6) is 0 Å². The summed E-state index contributed by atoms with van der Waals surface area (Å²) in [6.45, 7) is 0. The zero-order chi connectivity index (χ0) is 16.1. The Morgan fingerprint density at radius 3 is 2.68 bits per heavy atom. The maximum Gasteiger partial charge on any atom is 0.340 e. The lowest BCUT2D eigenvalue weighted by Crippen LogP contribution is -2.15. The van der Waals surface area contributed by atoms with Gasteiger partial charge in [-0.25, -0.2) is 4.79 Å². The highest BCUT2D eigenvalue weighted by molar-refractivity contribution is 9.10. The molecule has 2 aromatic carbocycles. The van der Waals surface area contributed by atoms with Crippen LogP contribution in [0.1, 0.15) is 26.3 Å². The van der Waals surface area contributed by atoms with Crippen molar-refractivity contribution in [3.63, 3.8) is 0 Å². The molecule has 0 radical (unpaired) electrons. The van der Waals surface area contributed by atoms with Crippen LogP contribution in [0.25, 0.3) is 0 Å². The molecule has 0 spiro atoms. The van der Waals surface area contributed by atoms with E-state index in [9.17, 15) is 9.59 Å². The summed E-state index contributed by atoms with van der Waals surface area (Å²) >= 11 is 9.06. The molecule has 0 aliphatic heterocycles. The second kappa shape index (κ2) is 7.42. The summed E-state index contributed by atoms with van der Waals surface area (Å²) in [4.78, 5) is 24.1. The molecule has 0 fully saturated rings. The number of hydrogen-bond acceptors (Lipinski definition) is 3. The van der Waals surface area contributed by atoms with Crippen molar-refractivity contribution >= 4 is 45.1 Å². The third-order valence-electron chi connectivity index (χ3n) is 2.98. The molecule has 0 unspecified atom stereocenters. The fraction of sp³-hybridized carbons (Fsp3) is 0.125. The summed E-state index contributed by atoms with van der Waals surface area (Å²) < 4.78 is 5.44. The smallest absolute Gasteiger partial charge is 0.340 e. The number of methoxy groups -OCH3 is 1. The van der Waals surface area contributed by atoms with E-state index in [0.29, 0.717) is 17.1 Å². The highest BCUT2D eigenvalue weighted by Gasteiger charge is 2.15. The molecule has 0 saturated carbocycles. The first-order valence-electron chi connectivity index (χ1n) is 6.39. The van der Waals surface area contributed by atoms with Crippen LogP contribution in [0.15, 0.2) is 46.9 Å². The number of halogens is 2. The number of carbonyl (C=O) groups excluding carboxylic acids is 2. The Labute approximate surface area is 141 Å². The number of esters is 1. The average Bonchev–Trinajstić information content (AvgIpc) is 2.55. The minimum Gasteiger partial charge on any atom is -0.465 e. The highest BCUT2D eigenvalue weighted by Crippen LogP contribution is 2.22. The predicted octanol–water partition coefficient (Wildman–Crippen LogP) is 4.23. The van der Waals surface area contributed by atoms with Crippen molar-refractivity contribution in [1.29, 1.82) is 0 Å². The zero-order valence-corrected chi connectivity index (χ0v) is 14.1. The third-order valence-corrected chi connectivity index (χ3v) is 3.78. The van der Waals surface area contributed by atoms with Crippen molar-refractivity contribution in [2.24, 2.45) is 0 Å². The van der Waals surface area contributed by atoms with E-state index in [1.165, 1.54) is 7.11 Å². The van der Waals surface area contributed by atoms with Crippen LogP contribution in [0.4, 0.5) is 5.69 Å². The van der Waals surface area contributed by atoms with E-state index < -0.39 is 5.97 Å². The van der Waals surface area contributed by atoms with Crippen LogP contribution >= 0.6 is 27.5 Å². The van der Waals surface area contributed by atoms with Gasteiger partial charge in [0.1, 0.15) is 0 Å². The molecule has 0 heterocycles. The van der Waals surface area contributed by atoms with Crippen LogP contribution in [0.3, 0.4) is 0 Å². The van der Waals surface area contributed by atoms with Crippen molar-refractivity contribution < 1.29 is 14.3 Å². The van der Waals surface area contributed by atoms with Crippen LogP contribution in [0.2, 0.25) is 0 Å². The lowest BCUT2D eigenvalue weighted by Gasteiger charge is -2.10. The fourth-order valence-corrected chi connectivity index (χ4v) is 2.42. The minimum absolute atomic E-state index is 0.277. The standard InChI is InChI=1S/C16H13BrClNO3/c1-22-16(21)13-8-12(17)5-6-14(13)19-15(20)11-4-2-3-10(7-11)9-18/h2-8H,9H2,1H3,(H,19,20). The summed E-state index contributed by atoms with van der Waals surface area (Å²) in [6.07, 6.45) is 0. The number of carbonyl (C=O) groups is 2. The van der Waals surface area contributed by atoms with Crippen molar-refractivity contribution in [2.45, 2.75) is 5.88 Å². The van der Waals surface area contributed by atoms with Gasteiger partial charge in [0.2, 0.25) is 0 Å². The van der Waals surface area contributed by atoms with E-state index in [4.69, 9.17) is 16.3 Å². The zero-order valence-electron chi connectivity index (χ0n) is 11.7. The summed E-state index contributed by atoms with van der Waals surface area (Å²) in [5, 5.41) is 2.72. The van der Waals surface area contributed by atoms with Gasteiger partial charge in [-0.1, -0.05) is 28.1 Å². The van der Waals surface area contributed by atoms with Gasteiger partial charge in [0, 0.05) is 15.9 Å². The molecule has 0 bridgehead atoms. The monoisotopic (exact) mass is 381 g/mol. The number of anilines is 1. The Balaban J connectivity index is 2.30. The highest BCUT2D eigenvalue weighted by atomic mass is 79.9. The summed E-state index contributed by atoms with van der Waals surface area (Å²) in [6, 6.07) is 12.0. The number of nitrogens with one attached hydrogen (secondary N) is 1. The maximum absolute atomic E-state index is 12.3. The van der Waals surface area contributed by atoms with Crippen LogP contribution in [-0.4, -0.2) is 19.0 Å². The van der Waals surface area contributed by atoms with E-state index in [1.54, 1.807) is 36.4 Å². The lowest BCUT2D eigenvalue weighted by molar-refractivity contribution is 0.0602. The first-order chi connectivity index (χ1) is 10.5. The van der Waals surface area contributed by atoms with Crippen molar-refractivity contribution in [1.82, 2.24) is 0 Å². The minimum atomic E-state index is -0.522. The molecule has 114 valence electrons. The first-order valence-corrected chi connectivity index (χ1v) is 7.72. The maximum atomic E-state index is 12.3. The van der Waals surface area contributed by atoms with Crippen LogP contribution in [-0.2, 0) is 10.6 Å². The van der Waals surface area contributed by atoms with E-state index in [0.717, 1.165) is 10.0 Å². The summed E-state index contributed by atoms with van der Waals surface area (Å²) in [5.41, 5.74) is 1.98. The van der Waals surface area contributed by atoms with Crippen molar-refractivity contribution in [3.05, 3.63) is 63.6 Å².